The molecule has 0 atom stereocenters. The first kappa shape index (κ1) is 23.5. The van der Waals surface area contributed by atoms with Crippen LogP contribution in [0.3, 0.4) is 0 Å². The Hall–Kier alpha value is -4.12. The first-order valence-corrected chi connectivity index (χ1v) is 10.9. The van der Waals surface area contributed by atoms with Gasteiger partial charge in [-0.25, -0.2) is 9.55 Å². The van der Waals surface area contributed by atoms with Gasteiger partial charge in [0.2, 0.25) is 5.91 Å². The van der Waals surface area contributed by atoms with Crippen LogP contribution in [0.15, 0.2) is 77.0 Å². The molecule has 0 saturated heterocycles. The number of nitrogen functional groups attached to an aromatic ring is 1. The summed E-state index contributed by atoms with van der Waals surface area (Å²) in [6.45, 7) is -0.271. The second-order valence-corrected chi connectivity index (χ2v) is 7.61. The SMILES string of the molecule is Nc1nc(NC(=O)CNC(=O)c2ccccc2)ccc1N=Nc1ccccc1OP(=O)(O)O. The number of hydrogen-bond acceptors (Lipinski definition) is 8. The van der Waals surface area contributed by atoms with Crippen LogP contribution in [0.2, 0.25) is 0 Å². The Morgan fingerprint density at radius 3 is 2.33 bits per heavy atom. The number of amides is 2. The molecule has 12 nitrogen and oxygen atoms in total. The largest absolute Gasteiger partial charge is 0.524 e. The molecule has 0 spiro atoms. The number of nitrogens with zero attached hydrogens (tertiary/aromatic N) is 3. The van der Waals surface area contributed by atoms with Crippen molar-refractivity contribution in [3.05, 3.63) is 72.3 Å². The van der Waals surface area contributed by atoms with Crippen molar-refractivity contribution in [1.82, 2.24) is 10.3 Å². The van der Waals surface area contributed by atoms with Gasteiger partial charge in [-0.1, -0.05) is 30.3 Å². The number of carbonyl (C=O) groups is 2. The molecule has 6 N–H and O–H groups in total. The van der Waals surface area contributed by atoms with E-state index in [-0.39, 0.29) is 35.3 Å². The van der Waals surface area contributed by atoms with E-state index in [0.29, 0.717) is 5.56 Å². The van der Waals surface area contributed by atoms with Crippen LogP contribution in [-0.4, -0.2) is 33.1 Å². The molecule has 170 valence electrons. The zero-order chi connectivity index (χ0) is 23.8. The van der Waals surface area contributed by atoms with Crippen molar-refractivity contribution in [3.8, 4) is 5.75 Å². The van der Waals surface area contributed by atoms with Crippen molar-refractivity contribution in [1.29, 1.82) is 0 Å². The van der Waals surface area contributed by atoms with Gasteiger partial charge in [0.1, 0.15) is 17.2 Å². The first-order valence-electron chi connectivity index (χ1n) is 9.37. The van der Waals surface area contributed by atoms with Crippen molar-refractivity contribution in [3.63, 3.8) is 0 Å². The molecule has 0 bridgehead atoms. The van der Waals surface area contributed by atoms with E-state index >= 15 is 0 Å². The van der Waals surface area contributed by atoms with Gasteiger partial charge in [-0.05, 0) is 36.4 Å². The van der Waals surface area contributed by atoms with Gasteiger partial charge in [-0.2, -0.15) is 0 Å². The third-order valence-corrected chi connectivity index (χ3v) is 4.40. The lowest BCUT2D eigenvalue weighted by molar-refractivity contribution is -0.115. The van der Waals surface area contributed by atoms with Crippen LogP contribution in [0, 0.1) is 0 Å². The average Bonchev–Trinajstić information content (AvgIpc) is 2.77. The standard InChI is InChI=1S/C20H19N6O6P/c21-19-15(26-25-14-8-4-5-9-16(14)32-33(29,30)31)10-11-17(24-19)23-18(27)12-22-20(28)13-6-2-1-3-7-13/h1-11H,12H2,(H,22,28)(H2,29,30,31)(H3,21,23,24,27). The van der Waals surface area contributed by atoms with Gasteiger partial charge in [-0.15, -0.1) is 10.2 Å². The number of anilines is 2. The Morgan fingerprint density at radius 1 is 0.970 bits per heavy atom. The minimum atomic E-state index is -4.77. The highest BCUT2D eigenvalue weighted by atomic mass is 31.2. The quantitative estimate of drug-likeness (QED) is 0.245. The maximum Gasteiger partial charge on any atom is 0.524 e. The summed E-state index contributed by atoms with van der Waals surface area (Å²) in [5, 5.41) is 12.8. The number of para-hydroxylation sites is 1. The molecule has 33 heavy (non-hydrogen) atoms. The Morgan fingerprint density at radius 2 is 1.64 bits per heavy atom. The molecule has 0 radical (unpaired) electrons. The van der Waals surface area contributed by atoms with E-state index < -0.39 is 19.6 Å². The summed E-state index contributed by atoms with van der Waals surface area (Å²) >= 11 is 0. The van der Waals surface area contributed by atoms with Gasteiger partial charge in [-0.3, -0.25) is 19.4 Å². The number of benzene rings is 2. The number of aromatic nitrogens is 1. The number of nitrogens with two attached hydrogens (primary N) is 1. The Balaban J connectivity index is 1.62. The third kappa shape index (κ3) is 7.21. The molecule has 0 unspecified atom stereocenters. The number of pyridine rings is 1. The lowest BCUT2D eigenvalue weighted by Gasteiger charge is -2.09. The van der Waals surface area contributed by atoms with Crippen LogP contribution in [-0.2, 0) is 9.36 Å². The highest BCUT2D eigenvalue weighted by Crippen LogP contribution is 2.42. The van der Waals surface area contributed by atoms with E-state index in [9.17, 15) is 14.2 Å². The fraction of sp³-hybridized carbons (Fsp3) is 0.0500. The molecule has 0 aliphatic carbocycles. The maximum atomic E-state index is 12.1. The summed E-state index contributed by atoms with van der Waals surface area (Å²) in [4.78, 5) is 46.1. The van der Waals surface area contributed by atoms with Crippen LogP contribution in [0.1, 0.15) is 10.4 Å². The predicted molar refractivity (Wildman–Crippen MR) is 119 cm³/mol. The van der Waals surface area contributed by atoms with E-state index in [4.69, 9.17) is 15.5 Å². The van der Waals surface area contributed by atoms with Crippen LogP contribution in [0.4, 0.5) is 23.0 Å². The highest BCUT2D eigenvalue weighted by molar-refractivity contribution is 7.46. The van der Waals surface area contributed by atoms with Gasteiger partial charge in [0, 0.05) is 5.56 Å². The monoisotopic (exact) mass is 470 g/mol. The van der Waals surface area contributed by atoms with Crippen LogP contribution in [0.25, 0.3) is 0 Å². The minimum Gasteiger partial charge on any atom is -0.402 e. The fourth-order valence-corrected chi connectivity index (χ4v) is 2.92. The molecule has 13 heteroatoms. The van der Waals surface area contributed by atoms with Crippen molar-refractivity contribution >= 4 is 42.6 Å². The molecule has 3 aromatic rings. The van der Waals surface area contributed by atoms with Crippen molar-refractivity contribution in [2.45, 2.75) is 0 Å². The zero-order valence-electron chi connectivity index (χ0n) is 17.0. The molecule has 2 aromatic carbocycles. The molecule has 0 aliphatic rings. The van der Waals surface area contributed by atoms with E-state index in [1.54, 1.807) is 36.4 Å². The van der Waals surface area contributed by atoms with Gasteiger partial charge in [0.05, 0.1) is 6.54 Å². The molecule has 2 amide bonds. The van der Waals surface area contributed by atoms with Crippen LogP contribution in [0.5, 0.6) is 5.75 Å². The number of phosphoric acid groups is 1. The summed E-state index contributed by atoms with van der Waals surface area (Å²) in [6.07, 6.45) is 0. The van der Waals surface area contributed by atoms with E-state index in [1.165, 1.54) is 30.3 Å². The van der Waals surface area contributed by atoms with Gasteiger partial charge in [0.25, 0.3) is 5.91 Å². The fourth-order valence-electron chi connectivity index (χ4n) is 2.51. The predicted octanol–water partition coefficient (Wildman–Crippen LogP) is 2.92. The minimum absolute atomic E-state index is 0.0572. The lowest BCUT2D eigenvalue weighted by atomic mass is 10.2. The average molecular weight is 470 g/mol. The van der Waals surface area contributed by atoms with Gasteiger partial charge >= 0.3 is 7.82 Å². The van der Waals surface area contributed by atoms with Crippen molar-refractivity contribution in [2.75, 3.05) is 17.6 Å². The Kier molecular flexibility index (Phi) is 7.46. The van der Waals surface area contributed by atoms with Crippen molar-refractivity contribution < 1.29 is 28.5 Å². The lowest BCUT2D eigenvalue weighted by Crippen LogP contribution is -2.33. The Bertz CT molecular complexity index is 1230. The second-order valence-electron chi connectivity index (χ2n) is 6.45. The number of phosphoric ester groups is 1. The van der Waals surface area contributed by atoms with Crippen LogP contribution < -0.4 is 20.9 Å². The molecular weight excluding hydrogens is 451 g/mol. The van der Waals surface area contributed by atoms with Gasteiger partial charge in [0.15, 0.2) is 11.6 Å². The normalized spacial score (nSPS) is 11.2. The number of hydrogen-bond donors (Lipinski definition) is 5. The highest BCUT2D eigenvalue weighted by Gasteiger charge is 2.18. The molecule has 1 aromatic heterocycles. The first-order chi connectivity index (χ1) is 15.7. The van der Waals surface area contributed by atoms with Crippen molar-refractivity contribution in [2.24, 2.45) is 10.2 Å². The topological polar surface area (TPSA) is 189 Å². The molecule has 1 heterocycles. The number of azo groups is 1. The molecule has 0 aliphatic heterocycles. The van der Waals surface area contributed by atoms with Gasteiger partial charge < -0.3 is 20.9 Å². The number of rotatable bonds is 8. The number of carbonyl (C=O) groups excluding carboxylic acids is 2. The number of nitrogens with one attached hydrogen (secondary N) is 2. The van der Waals surface area contributed by atoms with E-state index in [0.717, 1.165) is 0 Å². The van der Waals surface area contributed by atoms with Crippen LogP contribution >= 0.6 is 7.82 Å². The summed E-state index contributed by atoms with van der Waals surface area (Å²) < 4.78 is 15.6. The Labute approximate surface area is 187 Å². The third-order valence-electron chi connectivity index (χ3n) is 3.96. The molecular formula is C20H19N6O6P. The van der Waals surface area contributed by atoms with E-state index in [2.05, 4.69) is 30.4 Å². The summed E-state index contributed by atoms with van der Waals surface area (Å²) in [7, 11) is -4.77. The smallest absolute Gasteiger partial charge is 0.402 e. The molecule has 0 saturated carbocycles. The zero-order valence-corrected chi connectivity index (χ0v) is 17.8. The van der Waals surface area contributed by atoms with E-state index in [1.807, 2.05) is 0 Å². The summed E-state index contributed by atoms with van der Waals surface area (Å²) in [6, 6.07) is 17.2. The molecule has 0 fully saturated rings. The summed E-state index contributed by atoms with van der Waals surface area (Å²) in [5.74, 6) is -0.988. The second kappa shape index (κ2) is 10.5. The molecule has 3 rings (SSSR count). The summed E-state index contributed by atoms with van der Waals surface area (Å²) in [5.41, 5.74) is 6.49. The maximum absolute atomic E-state index is 12.1.